The van der Waals surface area contributed by atoms with E-state index in [-0.39, 0.29) is 30.0 Å². The van der Waals surface area contributed by atoms with Gasteiger partial charge in [-0.25, -0.2) is 14.4 Å². The van der Waals surface area contributed by atoms with Crippen molar-refractivity contribution in [1.82, 2.24) is 10.2 Å². The molecule has 11 nitrogen and oxygen atoms in total. The number of ether oxygens (including phenoxy) is 2. The van der Waals surface area contributed by atoms with E-state index in [2.05, 4.69) is 21.3 Å². The molecule has 3 aromatic carbocycles. The molecule has 0 radical (unpaired) electrons. The van der Waals surface area contributed by atoms with Gasteiger partial charge in [-0.3, -0.25) is 10.1 Å². The second-order valence-corrected chi connectivity index (χ2v) is 14.5. The minimum absolute atomic E-state index is 0.233. The van der Waals surface area contributed by atoms with Gasteiger partial charge in [0.1, 0.15) is 11.2 Å². The Morgan fingerprint density at radius 2 is 1.35 bits per heavy atom. The minimum Gasteiger partial charge on any atom is -0.444 e. The number of carbonyl (C=O) groups is 4. The van der Waals surface area contributed by atoms with Crippen molar-refractivity contribution in [3.63, 3.8) is 0 Å². The van der Waals surface area contributed by atoms with Gasteiger partial charge in [0.15, 0.2) is 0 Å². The zero-order chi connectivity index (χ0) is 35.8. The van der Waals surface area contributed by atoms with Gasteiger partial charge >= 0.3 is 18.2 Å². The van der Waals surface area contributed by atoms with Gasteiger partial charge in [-0.2, -0.15) is 0 Å². The first-order valence-electron chi connectivity index (χ1n) is 16.4. The summed E-state index contributed by atoms with van der Waals surface area (Å²) in [6.07, 6.45) is 1.19. The lowest BCUT2D eigenvalue weighted by molar-refractivity contribution is 0.0178. The van der Waals surface area contributed by atoms with E-state index in [9.17, 15) is 19.2 Å². The Balaban J connectivity index is 1.45. The number of carbonyl (C=O) groups excluding carboxylic acids is 4. The first-order chi connectivity index (χ1) is 23.0. The van der Waals surface area contributed by atoms with E-state index in [0.29, 0.717) is 47.2 Å². The average molecular weight is 692 g/mol. The topological polar surface area (TPSA) is 138 Å². The number of nitrogens with one attached hydrogen (secondary N) is 4. The maximum Gasteiger partial charge on any atom is 0.412 e. The summed E-state index contributed by atoms with van der Waals surface area (Å²) in [5.41, 5.74) is 1.39. The lowest BCUT2D eigenvalue weighted by atomic mass is 9.87. The van der Waals surface area contributed by atoms with Crippen LogP contribution in [0.1, 0.15) is 82.8 Å². The second kappa shape index (κ2) is 16.1. The highest BCUT2D eigenvalue weighted by molar-refractivity contribution is 6.30. The molecule has 4 rings (SSSR count). The molecule has 0 aromatic heterocycles. The lowest BCUT2D eigenvalue weighted by Crippen LogP contribution is -2.42. The Morgan fingerprint density at radius 3 is 1.92 bits per heavy atom. The smallest absolute Gasteiger partial charge is 0.412 e. The van der Waals surface area contributed by atoms with Crippen LogP contribution in [-0.4, -0.2) is 53.3 Å². The Kier molecular flexibility index (Phi) is 12.2. The van der Waals surface area contributed by atoms with Crippen molar-refractivity contribution in [2.45, 2.75) is 78.0 Å². The molecular formula is C37H46ClN5O6. The van der Waals surface area contributed by atoms with E-state index in [4.69, 9.17) is 21.1 Å². The zero-order valence-corrected chi connectivity index (χ0v) is 29.6. The number of rotatable bonds is 8. The van der Waals surface area contributed by atoms with Crippen LogP contribution in [0.3, 0.4) is 0 Å². The SMILES string of the molecule is CC(C)(C)OC(=O)Nc1ccccc1NC(=O)c1ccc(C(CC2CCN(C(=O)OC(C)(C)C)CC2)NC(=O)Nc2ccc(Cl)cc2)cc1. The van der Waals surface area contributed by atoms with Gasteiger partial charge in [0.2, 0.25) is 0 Å². The van der Waals surface area contributed by atoms with Crippen LogP contribution in [0.15, 0.2) is 72.8 Å². The maximum absolute atomic E-state index is 13.3. The monoisotopic (exact) mass is 691 g/mol. The zero-order valence-electron chi connectivity index (χ0n) is 28.9. The number of likely N-dealkylation sites (tertiary alicyclic amines) is 1. The van der Waals surface area contributed by atoms with Crippen LogP contribution in [0.25, 0.3) is 0 Å². The number of benzene rings is 3. The number of hydrogen-bond acceptors (Lipinski definition) is 6. The van der Waals surface area contributed by atoms with E-state index < -0.39 is 17.3 Å². The molecule has 1 saturated heterocycles. The standard InChI is InChI=1S/C37H46ClN5O6/c1-36(2,3)48-34(46)42-30-10-8-7-9-29(30)40-32(44)26-13-11-25(12-14-26)31(41-33(45)39-28-17-15-27(38)16-18-28)23-24-19-21-43(22-20-24)35(47)49-37(4,5)6/h7-18,24,31H,19-23H2,1-6H3,(H,40,44)(H,42,46)(H2,39,41,45). The van der Waals surface area contributed by atoms with Gasteiger partial charge in [0.25, 0.3) is 5.91 Å². The molecule has 5 amide bonds. The van der Waals surface area contributed by atoms with Gasteiger partial charge in [0.05, 0.1) is 17.4 Å². The highest BCUT2D eigenvalue weighted by Crippen LogP contribution is 2.30. The van der Waals surface area contributed by atoms with Crippen molar-refractivity contribution in [2.24, 2.45) is 5.92 Å². The van der Waals surface area contributed by atoms with Crippen LogP contribution in [-0.2, 0) is 9.47 Å². The summed E-state index contributed by atoms with van der Waals surface area (Å²) in [7, 11) is 0. The minimum atomic E-state index is -0.676. The summed E-state index contributed by atoms with van der Waals surface area (Å²) in [4.78, 5) is 53.1. The van der Waals surface area contributed by atoms with Gasteiger partial charge in [-0.1, -0.05) is 35.9 Å². The summed E-state index contributed by atoms with van der Waals surface area (Å²) < 4.78 is 10.9. The summed E-state index contributed by atoms with van der Waals surface area (Å²) in [6, 6.07) is 20.0. The number of hydrogen-bond donors (Lipinski definition) is 4. The Labute approximate surface area is 293 Å². The van der Waals surface area contributed by atoms with Gasteiger partial charge in [0, 0.05) is 29.4 Å². The second-order valence-electron chi connectivity index (χ2n) is 14.1. The predicted molar refractivity (Wildman–Crippen MR) is 192 cm³/mol. The number of urea groups is 1. The fraction of sp³-hybridized carbons (Fsp3) is 0.405. The van der Waals surface area contributed by atoms with Crippen molar-refractivity contribution in [1.29, 1.82) is 0 Å². The van der Waals surface area contributed by atoms with Crippen LogP contribution in [0, 0.1) is 5.92 Å². The number of amides is 5. The van der Waals surface area contributed by atoms with Crippen LogP contribution in [0.5, 0.6) is 0 Å². The molecule has 1 heterocycles. The normalized spacial score (nSPS) is 14.3. The Morgan fingerprint density at radius 1 is 0.776 bits per heavy atom. The maximum atomic E-state index is 13.3. The Bertz CT molecular complexity index is 1610. The molecule has 4 N–H and O–H groups in total. The van der Waals surface area contributed by atoms with Crippen molar-refractivity contribution in [2.75, 3.05) is 29.0 Å². The van der Waals surface area contributed by atoms with Gasteiger partial charge < -0.3 is 30.3 Å². The highest BCUT2D eigenvalue weighted by Gasteiger charge is 2.29. The number of halogens is 1. The third-order valence-corrected chi connectivity index (χ3v) is 7.88. The van der Waals surface area contributed by atoms with E-state index in [1.54, 1.807) is 86.3 Å². The lowest BCUT2D eigenvalue weighted by Gasteiger charge is -2.35. The number of para-hydroxylation sites is 2. The number of piperidine rings is 1. The van der Waals surface area contributed by atoms with E-state index in [0.717, 1.165) is 18.4 Å². The molecule has 12 heteroatoms. The average Bonchev–Trinajstić information content (AvgIpc) is 3.01. The quantitative estimate of drug-likeness (QED) is 0.186. The van der Waals surface area contributed by atoms with E-state index in [1.807, 2.05) is 32.9 Å². The molecule has 0 spiro atoms. The van der Waals surface area contributed by atoms with Crippen molar-refractivity contribution < 1.29 is 28.7 Å². The largest absolute Gasteiger partial charge is 0.444 e. The first-order valence-corrected chi connectivity index (χ1v) is 16.7. The predicted octanol–water partition coefficient (Wildman–Crippen LogP) is 8.84. The molecule has 0 bridgehead atoms. The van der Waals surface area contributed by atoms with Crippen molar-refractivity contribution >= 4 is 52.8 Å². The van der Waals surface area contributed by atoms with Crippen LogP contribution in [0.4, 0.5) is 31.4 Å². The van der Waals surface area contributed by atoms with Crippen molar-refractivity contribution in [3.05, 3.63) is 88.9 Å². The molecule has 1 fully saturated rings. The fourth-order valence-corrected chi connectivity index (χ4v) is 5.45. The summed E-state index contributed by atoms with van der Waals surface area (Å²) in [6.45, 7) is 12.0. The first kappa shape index (κ1) is 37.1. The third kappa shape index (κ3) is 12.0. The summed E-state index contributed by atoms with van der Waals surface area (Å²) >= 11 is 6.00. The third-order valence-electron chi connectivity index (χ3n) is 7.63. The van der Waals surface area contributed by atoms with E-state index >= 15 is 0 Å². The molecule has 1 atom stereocenters. The van der Waals surface area contributed by atoms with E-state index in [1.165, 1.54) is 0 Å². The molecule has 262 valence electrons. The van der Waals surface area contributed by atoms with Crippen LogP contribution >= 0.6 is 11.6 Å². The molecule has 0 aliphatic carbocycles. The van der Waals surface area contributed by atoms with Crippen LogP contribution in [0.2, 0.25) is 5.02 Å². The van der Waals surface area contributed by atoms with Crippen LogP contribution < -0.4 is 21.3 Å². The number of nitrogens with zero attached hydrogens (tertiary/aromatic N) is 1. The Hall–Kier alpha value is -4.77. The van der Waals surface area contributed by atoms with Crippen molar-refractivity contribution in [3.8, 4) is 0 Å². The molecule has 1 unspecified atom stereocenters. The molecule has 49 heavy (non-hydrogen) atoms. The summed E-state index contributed by atoms with van der Waals surface area (Å²) in [5, 5.41) is 12.1. The highest BCUT2D eigenvalue weighted by atomic mass is 35.5. The molecule has 1 aliphatic heterocycles. The fourth-order valence-electron chi connectivity index (χ4n) is 5.32. The van der Waals surface area contributed by atoms with Gasteiger partial charge in [-0.15, -0.1) is 0 Å². The molecular weight excluding hydrogens is 646 g/mol. The molecule has 1 aliphatic rings. The van der Waals surface area contributed by atoms with Gasteiger partial charge in [-0.05, 0) is 121 Å². The number of anilines is 3. The molecule has 0 saturated carbocycles. The molecule has 3 aromatic rings. The summed E-state index contributed by atoms with van der Waals surface area (Å²) in [5.74, 6) is -0.138.